The number of hydrogen-bond acceptors (Lipinski definition) is 5. The number of carbonyl (C=O) groups is 2. The van der Waals surface area contributed by atoms with Crippen LogP contribution in [0.5, 0.6) is 11.5 Å². The Morgan fingerprint density at radius 3 is 2.50 bits per heavy atom. The van der Waals surface area contributed by atoms with Gasteiger partial charge in [-0.2, -0.15) is 0 Å². The van der Waals surface area contributed by atoms with Crippen molar-refractivity contribution in [3.8, 4) is 11.5 Å². The van der Waals surface area contributed by atoms with E-state index in [1.54, 1.807) is 30.3 Å². The van der Waals surface area contributed by atoms with E-state index in [-0.39, 0.29) is 23.4 Å². The van der Waals surface area contributed by atoms with Crippen LogP contribution in [0.2, 0.25) is 0 Å². The number of ether oxygens (including phenoxy) is 1. The second kappa shape index (κ2) is 7.22. The fourth-order valence-corrected chi connectivity index (χ4v) is 3.38. The third-order valence-corrected chi connectivity index (χ3v) is 4.80. The molecule has 0 saturated carbocycles. The highest BCUT2D eigenvalue weighted by Gasteiger charge is 2.25. The predicted molar refractivity (Wildman–Crippen MR) is 103 cm³/mol. The molecule has 0 spiro atoms. The van der Waals surface area contributed by atoms with Gasteiger partial charge in [-0.05, 0) is 24.6 Å². The Morgan fingerprint density at radius 1 is 1.21 bits per heavy atom. The normalized spacial score (nSPS) is 11.0. The maximum absolute atomic E-state index is 13.1. The topological polar surface area (TPSA) is 111 Å². The second-order valence-electron chi connectivity index (χ2n) is 6.33. The highest BCUT2D eigenvalue weighted by atomic mass is 16.5. The Morgan fingerprint density at radius 2 is 1.89 bits per heavy atom. The zero-order chi connectivity index (χ0) is 20.6. The summed E-state index contributed by atoms with van der Waals surface area (Å²) >= 11 is 0. The van der Waals surface area contributed by atoms with Gasteiger partial charge >= 0.3 is 5.97 Å². The fraction of sp³-hybridized carbons (Fsp3) is 0.250. The molecule has 0 radical (unpaired) electrons. The van der Waals surface area contributed by atoms with Gasteiger partial charge in [0, 0.05) is 12.7 Å². The summed E-state index contributed by atoms with van der Waals surface area (Å²) in [4.78, 5) is 37.3. The van der Waals surface area contributed by atoms with Gasteiger partial charge < -0.3 is 24.1 Å². The van der Waals surface area contributed by atoms with Crippen molar-refractivity contribution >= 4 is 22.7 Å². The molecule has 0 atom stereocenters. The lowest BCUT2D eigenvalue weighted by atomic mass is 10.1. The van der Waals surface area contributed by atoms with Crippen molar-refractivity contribution in [1.82, 2.24) is 9.13 Å². The maximum Gasteiger partial charge on any atom is 0.356 e. The van der Waals surface area contributed by atoms with E-state index in [0.29, 0.717) is 28.9 Å². The van der Waals surface area contributed by atoms with E-state index in [1.807, 2.05) is 6.92 Å². The molecule has 0 fully saturated rings. The molecular weight excluding hydrogens is 364 g/mol. The molecule has 2 aromatic heterocycles. The highest BCUT2D eigenvalue weighted by Crippen LogP contribution is 2.30. The van der Waals surface area contributed by atoms with E-state index >= 15 is 0 Å². The summed E-state index contributed by atoms with van der Waals surface area (Å²) in [5.74, 6) is -1.88. The minimum atomic E-state index is -1.34. The van der Waals surface area contributed by atoms with Crippen LogP contribution in [-0.2, 0) is 20.0 Å². The number of carboxylic acids is 1. The van der Waals surface area contributed by atoms with Crippen molar-refractivity contribution in [2.45, 2.75) is 19.9 Å². The Hall–Kier alpha value is -3.55. The lowest BCUT2D eigenvalue weighted by Crippen LogP contribution is -2.27. The molecule has 2 N–H and O–H groups in total. The van der Waals surface area contributed by atoms with Crippen LogP contribution in [0.15, 0.2) is 35.1 Å². The van der Waals surface area contributed by atoms with E-state index in [1.165, 1.54) is 23.3 Å². The average molecular weight is 384 g/mol. The zero-order valence-electron chi connectivity index (χ0n) is 15.7. The molecule has 0 aliphatic heterocycles. The number of hydrogen-bond donors (Lipinski definition) is 2. The molecule has 1 aromatic carbocycles. The average Bonchev–Trinajstić information content (AvgIpc) is 2.93. The lowest BCUT2D eigenvalue weighted by molar-refractivity contribution is 0.0683. The van der Waals surface area contributed by atoms with Crippen LogP contribution < -0.4 is 10.3 Å². The SMILES string of the molecule is CCc1cc2c(c(O)c(C(=O)O)n2C)c(=O)n1CC(=O)c1ccccc1OC. The molecule has 8 nitrogen and oxygen atoms in total. The first-order valence-corrected chi connectivity index (χ1v) is 8.65. The fourth-order valence-electron chi connectivity index (χ4n) is 3.38. The molecular formula is C20H20N2O6. The molecule has 0 unspecified atom stereocenters. The van der Waals surface area contributed by atoms with Gasteiger partial charge in [0.05, 0.1) is 24.7 Å². The third-order valence-electron chi connectivity index (χ3n) is 4.80. The number of nitrogens with zero attached hydrogens (tertiary/aromatic N) is 2. The Balaban J connectivity index is 2.20. The summed E-state index contributed by atoms with van der Waals surface area (Å²) in [6.07, 6.45) is 0.443. The summed E-state index contributed by atoms with van der Waals surface area (Å²) in [5.41, 5.74) is 0.208. The second-order valence-corrected chi connectivity index (χ2v) is 6.33. The van der Waals surface area contributed by atoms with E-state index in [9.17, 15) is 24.6 Å². The number of aromatic carboxylic acids is 1. The monoisotopic (exact) mass is 384 g/mol. The van der Waals surface area contributed by atoms with E-state index in [4.69, 9.17) is 4.74 Å². The molecule has 0 aliphatic carbocycles. The molecule has 3 aromatic rings. The number of ketones is 1. The van der Waals surface area contributed by atoms with Crippen molar-refractivity contribution in [3.63, 3.8) is 0 Å². The largest absolute Gasteiger partial charge is 0.505 e. The Bertz CT molecular complexity index is 1160. The molecule has 8 heteroatoms. The van der Waals surface area contributed by atoms with Gasteiger partial charge in [-0.25, -0.2) is 4.79 Å². The van der Waals surface area contributed by atoms with Crippen LogP contribution in [-0.4, -0.2) is 38.2 Å². The summed E-state index contributed by atoms with van der Waals surface area (Å²) in [6.45, 7) is 1.57. The van der Waals surface area contributed by atoms with Crippen LogP contribution in [0.3, 0.4) is 0 Å². The van der Waals surface area contributed by atoms with Gasteiger partial charge in [0.15, 0.2) is 17.2 Å². The van der Waals surface area contributed by atoms with Crippen LogP contribution in [0.1, 0.15) is 33.5 Å². The molecule has 28 heavy (non-hydrogen) atoms. The number of fused-ring (bicyclic) bond motifs is 1. The molecule has 2 heterocycles. The summed E-state index contributed by atoms with van der Waals surface area (Å²) in [5, 5.41) is 19.5. The minimum absolute atomic E-state index is 0.120. The molecule has 146 valence electrons. The Kier molecular flexibility index (Phi) is 4.96. The van der Waals surface area contributed by atoms with E-state index in [0.717, 1.165) is 0 Å². The molecule has 0 amide bonds. The van der Waals surface area contributed by atoms with Gasteiger partial charge in [0.1, 0.15) is 11.1 Å². The number of carbonyl (C=O) groups excluding carboxylic acids is 1. The van der Waals surface area contributed by atoms with Gasteiger partial charge in [-0.15, -0.1) is 0 Å². The number of carboxylic acid groups (broad SMARTS) is 1. The molecule has 3 rings (SSSR count). The molecule has 0 saturated heterocycles. The van der Waals surface area contributed by atoms with Gasteiger partial charge in [0.2, 0.25) is 0 Å². The first kappa shape index (κ1) is 19.2. The number of Topliss-reactive ketones (excluding diaryl/α,β-unsaturated/α-hetero) is 1. The zero-order valence-corrected chi connectivity index (χ0v) is 15.7. The van der Waals surface area contributed by atoms with Crippen molar-refractivity contribution in [2.75, 3.05) is 7.11 Å². The van der Waals surface area contributed by atoms with Gasteiger partial charge in [-0.1, -0.05) is 19.1 Å². The van der Waals surface area contributed by atoms with Crippen molar-refractivity contribution in [3.05, 3.63) is 57.6 Å². The number of aromatic hydroxyl groups is 1. The van der Waals surface area contributed by atoms with E-state index in [2.05, 4.69) is 0 Å². The van der Waals surface area contributed by atoms with Crippen molar-refractivity contribution < 1.29 is 24.5 Å². The maximum atomic E-state index is 13.1. The van der Waals surface area contributed by atoms with Crippen LogP contribution >= 0.6 is 0 Å². The number of rotatable bonds is 6. The van der Waals surface area contributed by atoms with Crippen LogP contribution in [0.25, 0.3) is 10.9 Å². The third kappa shape index (κ3) is 2.92. The number of aromatic nitrogens is 2. The number of aryl methyl sites for hydroxylation is 2. The highest BCUT2D eigenvalue weighted by molar-refractivity contribution is 6.01. The van der Waals surface area contributed by atoms with Crippen LogP contribution in [0, 0.1) is 0 Å². The quantitative estimate of drug-likeness (QED) is 0.631. The number of methoxy groups -OCH3 is 1. The molecule has 0 bridgehead atoms. The van der Waals surface area contributed by atoms with E-state index < -0.39 is 17.3 Å². The van der Waals surface area contributed by atoms with Gasteiger partial charge in [-0.3, -0.25) is 9.59 Å². The number of pyridine rings is 1. The summed E-state index contributed by atoms with van der Waals surface area (Å²) in [7, 11) is 2.92. The first-order valence-electron chi connectivity index (χ1n) is 8.65. The number of benzene rings is 1. The minimum Gasteiger partial charge on any atom is -0.505 e. The van der Waals surface area contributed by atoms with Crippen LogP contribution in [0.4, 0.5) is 0 Å². The summed E-state index contributed by atoms with van der Waals surface area (Å²) < 4.78 is 7.74. The molecule has 0 aliphatic rings. The Labute approximate surface area is 160 Å². The smallest absolute Gasteiger partial charge is 0.356 e. The lowest BCUT2D eigenvalue weighted by Gasteiger charge is -2.13. The first-order chi connectivity index (χ1) is 13.3. The number of para-hydroxylation sites is 1. The van der Waals surface area contributed by atoms with Gasteiger partial charge in [0.25, 0.3) is 5.56 Å². The predicted octanol–water partition coefficient (Wildman–Crippen LogP) is 2.20. The van der Waals surface area contributed by atoms with Crippen molar-refractivity contribution in [2.24, 2.45) is 7.05 Å². The van der Waals surface area contributed by atoms with Crippen molar-refractivity contribution in [1.29, 1.82) is 0 Å². The standard InChI is InChI=1S/C20H20N2O6/c1-4-11-9-13-16(18(24)17(20(26)27)21(13)2)19(25)22(11)10-14(23)12-7-5-6-8-15(12)28-3/h5-9,24H,4,10H2,1-3H3,(H,26,27). The summed E-state index contributed by atoms with van der Waals surface area (Å²) in [6, 6.07) is 8.32.